The van der Waals surface area contributed by atoms with E-state index in [0.717, 1.165) is 17.7 Å². The third-order valence-corrected chi connectivity index (χ3v) is 3.50. The van der Waals surface area contributed by atoms with Gasteiger partial charge in [-0.15, -0.1) is 0 Å². The highest BCUT2D eigenvalue weighted by atomic mass is 32.1. The molecule has 1 aromatic carbocycles. The Morgan fingerprint density at radius 2 is 2.00 bits per heavy atom. The molecule has 22 heavy (non-hydrogen) atoms. The number of nitrogens with one attached hydrogen (secondary N) is 1. The van der Waals surface area contributed by atoms with Gasteiger partial charge in [-0.25, -0.2) is 8.78 Å². The van der Waals surface area contributed by atoms with E-state index in [0.29, 0.717) is 6.42 Å². The first-order valence-corrected chi connectivity index (χ1v) is 7.40. The average Bonchev–Trinajstić information content (AvgIpc) is 3.00. The smallest absolute Gasteiger partial charge is 0.306 e. The van der Waals surface area contributed by atoms with Gasteiger partial charge >= 0.3 is 5.97 Å². The molecule has 1 N–H and O–H groups in total. The molecule has 0 saturated carbocycles. The number of carbonyl (C=O) groups excluding carboxylic acids is 2. The Kier molecular flexibility index (Phi) is 5.60. The molecule has 0 spiro atoms. The molecule has 0 aliphatic heterocycles. The zero-order chi connectivity index (χ0) is 15.9. The topological polar surface area (TPSA) is 55.4 Å². The summed E-state index contributed by atoms with van der Waals surface area (Å²) in [6.45, 7) is -0.471. The molecule has 2 rings (SSSR count). The van der Waals surface area contributed by atoms with E-state index in [4.69, 9.17) is 4.74 Å². The lowest BCUT2D eigenvalue weighted by molar-refractivity contribution is -0.147. The molecule has 0 fully saturated rings. The lowest BCUT2D eigenvalue weighted by atomic mass is 10.2. The molecule has 116 valence electrons. The Labute approximate surface area is 129 Å². The largest absolute Gasteiger partial charge is 0.456 e. The standard InChI is InChI=1S/C15H13F2NO3S/c16-12-3-2-11(7-13(12)17)18-14(19)8-21-15(20)4-1-10-5-6-22-9-10/h2-3,5-7,9H,1,4,8H2,(H,18,19). The summed E-state index contributed by atoms with van der Waals surface area (Å²) in [6, 6.07) is 4.88. The van der Waals surface area contributed by atoms with Crippen molar-refractivity contribution in [3.8, 4) is 0 Å². The summed E-state index contributed by atoms with van der Waals surface area (Å²) < 4.78 is 30.5. The number of amides is 1. The number of rotatable bonds is 6. The van der Waals surface area contributed by atoms with Crippen LogP contribution in [0, 0.1) is 11.6 Å². The number of hydrogen-bond acceptors (Lipinski definition) is 4. The van der Waals surface area contributed by atoms with Crippen LogP contribution in [0.1, 0.15) is 12.0 Å². The average molecular weight is 325 g/mol. The molecule has 2 aromatic rings. The van der Waals surface area contributed by atoms with Crippen molar-refractivity contribution in [2.75, 3.05) is 11.9 Å². The van der Waals surface area contributed by atoms with Crippen LogP contribution >= 0.6 is 11.3 Å². The van der Waals surface area contributed by atoms with Crippen molar-refractivity contribution in [2.45, 2.75) is 12.8 Å². The predicted octanol–water partition coefficient (Wildman–Crippen LogP) is 3.14. The van der Waals surface area contributed by atoms with Gasteiger partial charge < -0.3 is 10.1 Å². The Morgan fingerprint density at radius 1 is 1.18 bits per heavy atom. The number of carbonyl (C=O) groups is 2. The van der Waals surface area contributed by atoms with Gasteiger partial charge in [0.2, 0.25) is 0 Å². The fraction of sp³-hybridized carbons (Fsp3) is 0.200. The molecule has 0 radical (unpaired) electrons. The summed E-state index contributed by atoms with van der Waals surface area (Å²) in [6.07, 6.45) is 0.725. The van der Waals surface area contributed by atoms with Gasteiger partial charge in [-0.3, -0.25) is 9.59 Å². The predicted molar refractivity (Wildman–Crippen MR) is 78.6 cm³/mol. The molecule has 1 heterocycles. The van der Waals surface area contributed by atoms with Crippen molar-refractivity contribution >= 4 is 28.9 Å². The lowest BCUT2D eigenvalue weighted by Gasteiger charge is -2.06. The highest BCUT2D eigenvalue weighted by Gasteiger charge is 2.10. The Morgan fingerprint density at radius 3 is 2.68 bits per heavy atom. The minimum absolute atomic E-state index is 0.0956. The maximum atomic E-state index is 13.0. The van der Waals surface area contributed by atoms with Gasteiger partial charge in [0, 0.05) is 18.2 Å². The molecule has 0 unspecified atom stereocenters. The number of halogens is 2. The first-order chi connectivity index (χ1) is 10.5. The van der Waals surface area contributed by atoms with Crippen LogP contribution in [0.2, 0.25) is 0 Å². The number of hydrogen-bond donors (Lipinski definition) is 1. The maximum Gasteiger partial charge on any atom is 0.306 e. The zero-order valence-electron chi connectivity index (χ0n) is 11.5. The third-order valence-electron chi connectivity index (χ3n) is 2.77. The van der Waals surface area contributed by atoms with Crippen molar-refractivity contribution in [3.63, 3.8) is 0 Å². The fourth-order valence-electron chi connectivity index (χ4n) is 1.67. The minimum Gasteiger partial charge on any atom is -0.456 e. The summed E-state index contributed by atoms with van der Waals surface area (Å²) in [4.78, 5) is 23.0. The maximum absolute atomic E-state index is 13.0. The number of ether oxygens (including phenoxy) is 1. The zero-order valence-corrected chi connectivity index (χ0v) is 12.3. The summed E-state index contributed by atoms with van der Waals surface area (Å²) in [5.41, 5.74) is 1.13. The van der Waals surface area contributed by atoms with E-state index in [2.05, 4.69) is 5.32 Å². The molecular formula is C15H13F2NO3S. The lowest BCUT2D eigenvalue weighted by Crippen LogP contribution is -2.21. The molecule has 1 aromatic heterocycles. The highest BCUT2D eigenvalue weighted by molar-refractivity contribution is 7.07. The van der Waals surface area contributed by atoms with E-state index in [1.54, 1.807) is 0 Å². The van der Waals surface area contributed by atoms with E-state index >= 15 is 0 Å². The normalized spacial score (nSPS) is 10.3. The second-order valence-corrected chi connectivity index (χ2v) is 5.25. The van der Waals surface area contributed by atoms with Crippen LogP contribution in [0.25, 0.3) is 0 Å². The summed E-state index contributed by atoms with van der Waals surface area (Å²) in [7, 11) is 0. The van der Waals surface area contributed by atoms with Crippen molar-refractivity contribution in [3.05, 3.63) is 52.2 Å². The van der Waals surface area contributed by atoms with Crippen LogP contribution in [-0.2, 0) is 20.7 Å². The summed E-state index contributed by atoms with van der Waals surface area (Å²) >= 11 is 1.54. The molecule has 0 atom stereocenters. The van der Waals surface area contributed by atoms with E-state index in [-0.39, 0.29) is 12.1 Å². The first kappa shape index (κ1) is 16.1. The molecule has 7 heteroatoms. The van der Waals surface area contributed by atoms with Crippen molar-refractivity contribution < 1.29 is 23.1 Å². The van der Waals surface area contributed by atoms with Crippen molar-refractivity contribution in [1.29, 1.82) is 0 Å². The van der Waals surface area contributed by atoms with E-state index in [9.17, 15) is 18.4 Å². The molecular weight excluding hydrogens is 312 g/mol. The Bertz CT molecular complexity index is 659. The molecule has 0 aliphatic carbocycles. The van der Waals surface area contributed by atoms with Gasteiger partial charge in [0.1, 0.15) is 0 Å². The van der Waals surface area contributed by atoms with Crippen LogP contribution in [0.15, 0.2) is 35.0 Å². The molecule has 1 amide bonds. The van der Waals surface area contributed by atoms with Gasteiger partial charge in [0.25, 0.3) is 5.91 Å². The van der Waals surface area contributed by atoms with Crippen LogP contribution in [0.3, 0.4) is 0 Å². The number of benzene rings is 1. The highest BCUT2D eigenvalue weighted by Crippen LogP contribution is 2.13. The minimum atomic E-state index is -1.06. The molecule has 0 aliphatic rings. The van der Waals surface area contributed by atoms with E-state index in [1.165, 1.54) is 17.4 Å². The quantitative estimate of drug-likeness (QED) is 0.830. The van der Waals surface area contributed by atoms with Gasteiger partial charge in [0.05, 0.1) is 0 Å². The second kappa shape index (κ2) is 7.65. The van der Waals surface area contributed by atoms with Crippen molar-refractivity contribution in [1.82, 2.24) is 0 Å². The van der Waals surface area contributed by atoms with Crippen LogP contribution < -0.4 is 5.32 Å². The second-order valence-electron chi connectivity index (χ2n) is 4.47. The monoisotopic (exact) mass is 325 g/mol. The summed E-state index contributed by atoms with van der Waals surface area (Å²) in [5, 5.41) is 6.16. The van der Waals surface area contributed by atoms with Gasteiger partial charge in [-0.1, -0.05) is 0 Å². The van der Waals surface area contributed by atoms with Gasteiger partial charge in [-0.2, -0.15) is 11.3 Å². The number of anilines is 1. The first-order valence-electron chi connectivity index (χ1n) is 6.46. The number of aryl methyl sites for hydroxylation is 1. The number of esters is 1. The van der Waals surface area contributed by atoms with Crippen LogP contribution in [0.4, 0.5) is 14.5 Å². The van der Waals surface area contributed by atoms with Gasteiger partial charge in [0.15, 0.2) is 18.2 Å². The molecule has 0 bridgehead atoms. The van der Waals surface area contributed by atoms with E-state index < -0.39 is 30.1 Å². The Hall–Kier alpha value is -2.28. The fourth-order valence-corrected chi connectivity index (χ4v) is 2.37. The Balaban J connectivity index is 1.72. The van der Waals surface area contributed by atoms with E-state index in [1.807, 2.05) is 16.8 Å². The molecule has 0 saturated heterocycles. The number of thiophene rings is 1. The summed E-state index contributed by atoms with van der Waals surface area (Å²) in [5.74, 6) is -3.18. The van der Waals surface area contributed by atoms with Crippen LogP contribution in [0.5, 0.6) is 0 Å². The molecule has 4 nitrogen and oxygen atoms in total. The third kappa shape index (κ3) is 4.92. The van der Waals surface area contributed by atoms with Gasteiger partial charge in [-0.05, 0) is 40.9 Å². The SMILES string of the molecule is O=C(COC(=O)CCc1ccsc1)Nc1ccc(F)c(F)c1. The van der Waals surface area contributed by atoms with Crippen LogP contribution in [-0.4, -0.2) is 18.5 Å². The van der Waals surface area contributed by atoms with Crippen molar-refractivity contribution in [2.24, 2.45) is 0 Å².